The summed E-state index contributed by atoms with van der Waals surface area (Å²) in [6.45, 7) is 8.05. The molecule has 0 amide bonds. The highest BCUT2D eigenvalue weighted by molar-refractivity contribution is 5.81. The number of hydrogen-bond donors (Lipinski definition) is 0. The molecule has 1 fully saturated rings. The molecule has 1 atom stereocenters. The van der Waals surface area contributed by atoms with E-state index in [0.29, 0.717) is 0 Å². The van der Waals surface area contributed by atoms with Crippen LogP contribution in [0.4, 0.5) is 0 Å². The molecule has 0 bridgehead atoms. The third kappa shape index (κ3) is 6.95. The number of quaternary nitrogens is 1. The average Bonchev–Trinajstić information content (AvgIpc) is 2.53. The number of piperidine rings is 1. The number of carbonyl (C=O) groups excluding carboxylic acids is 1. The van der Waals surface area contributed by atoms with Crippen molar-refractivity contribution < 1.29 is 14.0 Å². The van der Waals surface area contributed by atoms with Gasteiger partial charge in [0.05, 0.1) is 20.1 Å². The van der Waals surface area contributed by atoms with Gasteiger partial charge in [0.15, 0.2) is 0 Å². The molecule has 1 unspecified atom stereocenters. The van der Waals surface area contributed by atoms with Gasteiger partial charge in [-0.2, -0.15) is 0 Å². The molecule has 0 radical (unpaired) electrons. The summed E-state index contributed by atoms with van der Waals surface area (Å²) in [6, 6.07) is 0. The van der Waals surface area contributed by atoms with E-state index in [0.717, 1.165) is 30.4 Å². The van der Waals surface area contributed by atoms with Gasteiger partial charge in [0.25, 0.3) is 0 Å². The Hall–Kier alpha value is -0.830. The maximum atomic E-state index is 11.7. The van der Waals surface area contributed by atoms with Crippen LogP contribution in [0, 0.1) is 0 Å². The lowest BCUT2D eigenvalue weighted by molar-refractivity contribution is -0.956. The Morgan fingerprint density at radius 2 is 1.68 bits per heavy atom. The van der Waals surface area contributed by atoms with E-state index in [-0.39, 0.29) is 12.2 Å². The summed E-state index contributed by atoms with van der Waals surface area (Å²) in [5.41, 5.74) is 0. The Balaban J connectivity index is 2.38. The highest BCUT2D eigenvalue weighted by Gasteiger charge is 2.36. The lowest BCUT2D eigenvalue weighted by Crippen LogP contribution is -2.56. The Bertz CT molecular complexity index is 321. The van der Waals surface area contributed by atoms with Crippen molar-refractivity contribution in [2.24, 2.45) is 0 Å². The van der Waals surface area contributed by atoms with Crippen LogP contribution in [0.2, 0.25) is 0 Å². The van der Waals surface area contributed by atoms with Crippen molar-refractivity contribution in [1.82, 2.24) is 0 Å². The molecular weight excluding hydrogens is 274 g/mol. The molecule has 0 aliphatic carbocycles. The van der Waals surface area contributed by atoms with Crippen LogP contribution in [0.5, 0.6) is 0 Å². The van der Waals surface area contributed by atoms with E-state index in [4.69, 9.17) is 4.74 Å². The third-order valence-corrected chi connectivity index (χ3v) is 5.01. The number of rotatable bonds is 11. The van der Waals surface area contributed by atoms with Gasteiger partial charge in [0, 0.05) is 12.5 Å². The normalized spacial score (nSPS) is 18.6. The van der Waals surface area contributed by atoms with E-state index in [9.17, 15) is 4.79 Å². The van der Waals surface area contributed by atoms with E-state index in [1.165, 1.54) is 63.9 Å². The van der Waals surface area contributed by atoms with Gasteiger partial charge in [0.2, 0.25) is 6.23 Å². The molecule has 0 N–H and O–H groups in total. The monoisotopic (exact) mass is 310 g/mol. The van der Waals surface area contributed by atoms with Crippen LogP contribution >= 0.6 is 0 Å². The summed E-state index contributed by atoms with van der Waals surface area (Å²) >= 11 is 0. The average molecular weight is 311 g/mol. The molecule has 1 rings (SSSR count). The molecule has 0 aromatic heterocycles. The van der Waals surface area contributed by atoms with Gasteiger partial charge in [-0.15, -0.1) is 0 Å². The Kier molecular flexibility index (Phi) is 9.45. The Morgan fingerprint density at radius 3 is 2.27 bits per heavy atom. The topological polar surface area (TPSA) is 26.3 Å². The zero-order valence-electron chi connectivity index (χ0n) is 14.8. The molecule has 1 saturated heterocycles. The predicted molar refractivity (Wildman–Crippen MR) is 92.5 cm³/mol. The molecule has 128 valence electrons. The number of likely N-dealkylation sites (tertiary alicyclic amines) is 1. The van der Waals surface area contributed by atoms with E-state index >= 15 is 0 Å². The maximum absolute atomic E-state index is 11.7. The van der Waals surface area contributed by atoms with Crippen molar-refractivity contribution in [3.8, 4) is 0 Å². The second-order valence-corrected chi connectivity index (χ2v) is 6.99. The second-order valence-electron chi connectivity index (χ2n) is 6.99. The van der Waals surface area contributed by atoms with Gasteiger partial charge in [-0.1, -0.05) is 52.0 Å². The molecule has 3 nitrogen and oxygen atoms in total. The van der Waals surface area contributed by atoms with Crippen LogP contribution in [0.15, 0.2) is 12.7 Å². The molecule has 3 heteroatoms. The van der Waals surface area contributed by atoms with Gasteiger partial charge in [-0.05, 0) is 25.7 Å². The molecule has 22 heavy (non-hydrogen) atoms. The maximum Gasteiger partial charge on any atom is 0.334 e. The van der Waals surface area contributed by atoms with Crippen molar-refractivity contribution in [2.45, 2.75) is 83.8 Å². The molecule has 1 aliphatic heterocycles. The van der Waals surface area contributed by atoms with E-state index < -0.39 is 0 Å². The first-order valence-corrected chi connectivity index (χ1v) is 9.29. The zero-order valence-corrected chi connectivity index (χ0v) is 14.8. The minimum absolute atomic E-state index is 0.0152. The number of esters is 1. The predicted octanol–water partition coefficient (Wildman–Crippen LogP) is 4.81. The lowest BCUT2D eigenvalue weighted by Gasteiger charge is -2.43. The fourth-order valence-electron chi connectivity index (χ4n) is 3.48. The van der Waals surface area contributed by atoms with E-state index in [1.807, 2.05) is 0 Å². The Labute approximate surface area is 137 Å². The minimum Gasteiger partial charge on any atom is -0.409 e. The number of ether oxygens (including phenoxy) is 1. The molecule has 1 heterocycles. The fourth-order valence-corrected chi connectivity index (χ4v) is 3.48. The van der Waals surface area contributed by atoms with Gasteiger partial charge in [0.1, 0.15) is 0 Å². The van der Waals surface area contributed by atoms with Crippen molar-refractivity contribution >= 4 is 5.97 Å². The first-order valence-electron chi connectivity index (χ1n) is 9.29. The van der Waals surface area contributed by atoms with E-state index in [2.05, 4.69) is 20.6 Å². The Morgan fingerprint density at radius 1 is 1.09 bits per heavy atom. The summed E-state index contributed by atoms with van der Waals surface area (Å²) in [7, 11) is 2.25. The van der Waals surface area contributed by atoms with Crippen LogP contribution in [0.3, 0.4) is 0 Å². The summed E-state index contributed by atoms with van der Waals surface area (Å²) in [6.07, 6.45) is 15.2. The molecule has 1 aliphatic rings. The van der Waals surface area contributed by atoms with Crippen LogP contribution in [0.25, 0.3) is 0 Å². The van der Waals surface area contributed by atoms with Crippen LogP contribution < -0.4 is 0 Å². The highest BCUT2D eigenvalue weighted by Crippen LogP contribution is 2.25. The van der Waals surface area contributed by atoms with Gasteiger partial charge < -0.3 is 4.74 Å². The minimum atomic E-state index is -0.266. The molecule has 0 aromatic rings. The van der Waals surface area contributed by atoms with Crippen LogP contribution in [-0.4, -0.2) is 36.8 Å². The van der Waals surface area contributed by atoms with Crippen molar-refractivity contribution in [3.05, 3.63) is 12.7 Å². The molecule has 0 spiro atoms. The van der Waals surface area contributed by atoms with Crippen molar-refractivity contribution in [3.63, 3.8) is 0 Å². The molecule has 0 aromatic carbocycles. The summed E-state index contributed by atoms with van der Waals surface area (Å²) < 4.78 is 6.60. The first-order chi connectivity index (χ1) is 10.6. The van der Waals surface area contributed by atoms with E-state index in [1.54, 1.807) is 0 Å². The second kappa shape index (κ2) is 10.8. The zero-order chi connectivity index (χ0) is 16.3. The van der Waals surface area contributed by atoms with Gasteiger partial charge >= 0.3 is 5.97 Å². The lowest BCUT2D eigenvalue weighted by atomic mass is 10.0. The fraction of sp³-hybridized carbons (Fsp3) is 0.842. The number of unbranched alkanes of at least 4 members (excludes halogenated alkanes) is 6. The van der Waals surface area contributed by atoms with Crippen LogP contribution in [-0.2, 0) is 9.53 Å². The highest BCUT2D eigenvalue weighted by atomic mass is 16.6. The summed E-state index contributed by atoms with van der Waals surface area (Å²) in [4.78, 5) is 11.7. The third-order valence-electron chi connectivity index (χ3n) is 5.01. The number of hydrogen-bond acceptors (Lipinski definition) is 2. The first kappa shape index (κ1) is 19.2. The standard InChI is InChI=1S/C19H36NO2/c1-4-6-7-8-9-10-12-15-18(22-19(21)5-2)20(3)16-13-11-14-17-20/h5,18H,2,4,6-17H2,1,3H3/q+1. The van der Waals surface area contributed by atoms with Crippen LogP contribution in [0.1, 0.15) is 77.6 Å². The number of nitrogens with zero attached hydrogens (tertiary/aromatic N) is 1. The van der Waals surface area contributed by atoms with Gasteiger partial charge in [-0.3, -0.25) is 4.48 Å². The molecular formula is C19H36NO2+. The number of carbonyl (C=O) groups is 1. The molecule has 0 saturated carbocycles. The summed E-state index contributed by atoms with van der Waals surface area (Å²) in [5.74, 6) is -0.266. The largest absolute Gasteiger partial charge is 0.409 e. The summed E-state index contributed by atoms with van der Waals surface area (Å²) in [5, 5.41) is 0. The SMILES string of the molecule is C=CC(=O)OC(CCCCCCCCC)[N+]1(C)CCCCC1. The smallest absolute Gasteiger partial charge is 0.334 e. The quantitative estimate of drug-likeness (QED) is 0.237. The van der Waals surface area contributed by atoms with Crippen molar-refractivity contribution in [2.75, 3.05) is 20.1 Å². The van der Waals surface area contributed by atoms with Gasteiger partial charge in [-0.25, -0.2) is 4.79 Å². The van der Waals surface area contributed by atoms with Crippen molar-refractivity contribution in [1.29, 1.82) is 0 Å².